The molecule has 1 aromatic heterocycles. The van der Waals surface area contributed by atoms with E-state index in [4.69, 9.17) is 13.9 Å². The maximum Gasteiger partial charge on any atom is 0.129 e. The van der Waals surface area contributed by atoms with E-state index in [2.05, 4.69) is 25.2 Å². The Labute approximate surface area is 109 Å². The molecule has 4 nitrogen and oxygen atoms in total. The van der Waals surface area contributed by atoms with Gasteiger partial charge in [0.15, 0.2) is 0 Å². The summed E-state index contributed by atoms with van der Waals surface area (Å²) < 4.78 is 16.4. The maximum absolute atomic E-state index is 5.71. The third kappa shape index (κ3) is 4.44. The summed E-state index contributed by atoms with van der Waals surface area (Å²) in [7, 11) is 0. The minimum absolute atomic E-state index is 0.234. The van der Waals surface area contributed by atoms with Crippen molar-refractivity contribution in [2.45, 2.75) is 39.5 Å². The predicted octanol–water partition coefficient (Wildman–Crippen LogP) is 2.33. The van der Waals surface area contributed by atoms with Crippen LogP contribution in [0.4, 0.5) is 0 Å². The smallest absolute Gasteiger partial charge is 0.129 e. The van der Waals surface area contributed by atoms with Gasteiger partial charge in [0, 0.05) is 18.7 Å². The molecule has 0 aliphatic carbocycles. The van der Waals surface area contributed by atoms with Gasteiger partial charge in [0.2, 0.25) is 0 Å². The molecule has 2 heterocycles. The van der Waals surface area contributed by atoms with Crippen molar-refractivity contribution < 1.29 is 13.9 Å². The molecule has 1 aromatic rings. The molecule has 1 atom stereocenters. The summed E-state index contributed by atoms with van der Waals surface area (Å²) >= 11 is 0. The van der Waals surface area contributed by atoms with E-state index >= 15 is 0 Å². The van der Waals surface area contributed by atoms with Gasteiger partial charge in [-0.1, -0.05) is 13.8 Å². The molecule has 1 unspecified atom stereocenters. The maximum atomic E-state index is 5.71. The zero-order valence-electron chi connectivity index (χ0n) is 11.3. The zero-order valence-corrected chi connectivity index (χ0v) is 11.3. The van der Waals surface area contributed by atoms with Crippen molar-refractivity contribution in [2.24, 2.45) is 5.92 Å². The molecule has 1 aliphatic heterocycles. The van der Waals surface area contributed by atoms with Crippen molar-refractivity contribution in [3.05, 3.63) is 23.7 Å². The first-order valence-electron chi connectivity index (χ1n) is 6.70. The number of rotatable bonds is 7. The molecular weight excluding hydrogens is 230 g/mol. The highest BCUT2D eigenvalue weighted by Gasteiger charge is 2.16. The highest BCUT2D eigenvalue weighted by Crippen LogP contribution is 2.14. The van der Waals surface area contributed by atoms with Gasteiger partial charge in [-0.2, -0.15) is 0 Å². The predicted molar refractivity (Wildman–Crippen MR) is 69.3 cm³/mol. The van der Waals surface area contributed by atoms with Gasteiger partial charge >= 0.3 is 0 Å². The number of hydrogen-bond donors (Lipinski definition) is 1. The van der Waals surface area contributed by atoms with Crippen LogP contribution in [0.1, 0.15) is 31.6 Å². The monoisotopic (exact) mass is 253 g/mol. The minimum atomic E-state index is 0.234. The summed E-state index contributed by atoms with van der Waals surface area (Å²) in [6.07, 6.45) is 3.03. The van der Waals surface area contributed by atoms with E-state index < -0.39 is 0 Å². The van der Waals surface area contributed by atoms with Crippen molar-refractivity contribution >= 4 is 0 Å². The fourth-order valence-corrected chi connectivity index (χ4v) is 1.94. The lowest BCUT2D eigenvalue weighted by atomic mass is 10.2. The highest BCUT2D eigenvalue weighted by molar-refractivity contribution is 5.12. The van der Waals surface area contributed by atoms with Crippen LogP contribution in [0.5, 0.6) is 0 Å². The first kappa shape index (κ1) is 13.6. The Morgan fingerprint density at radius 2 is 2.39 bits per heavy atom. The molecule has 1 N–H and O–H groups in total. The molecule has 2 rings (SSSR count). The fourth-order valence-electron chi connectivity index (χ4n) is 1.94. The summed E-state index contributed by atoms with van der Waals surface area (Å²) in [5, 5.41) is 3.39. The van der Waals surface area contributed by atoms with Crippen LogP contribution in [0.25, 0.3) is 0 Å². The fraction of sp³-hybridized carbons (Fsp3) is 0.714. The lowest BCUT2D eigenvalue weighted by Crippen LogP contribution is -2.18. The Bertz CT molecular complexity index is 343. The normalized spacial score (nSPS) is 19.8. The Morgan fingerprint density at radius 1 is 1.50 bits per heavy atom. The largest absolute Gasteiger partial charge is 0.467 e. The zero-order chi connectivity index (χ0) is 12.8. The van der Waals surface area contributed by atoms with Crippen molar-refractivity contribution in [2.75, 3.05) is 19.8 Å². The first-order valence-corrected chi connectivity index (χ1v) is 6.70. The lowest BCUT2D eigenvalue weighted by molar-refractivity contribution is 0.0235. The van der Waals surface area contributed by atoms with Crippen molar-refractivity contribution in [3.63, 3.8) is 0 Å². The molecule has 1 saturated heterocycles. The standard InChI is InChI=1S/C14H23NO3/c1-11(2)6-15-7-12-5-14(17-8-12)10-18-13-3-4-16-9-13/h5,8,11,13,15H,3-4,6-7,9-10H2,1-2H3. The third-order valence-electron chi connectivity index (χ3n) is 2.94. The van der Waals surface area contributed by atoms with Crippen molar-refractivity contribution in [1.29, 1.82) is 0 Å². The van der Waals surface area contributed by atoms with Gasteiger partial charge in [-0.3, -0.25) is 0 Å². The summed E-state index contributed by atoms with van der Waals surface area (Å²) in [4.78, 5) is 0. The van der Waals surface area contributed by atoms with Gasteiger partial charge in [0.1, 0.15) is 12.4 Å². The van der Waals surface area contributed by atoms with Gasteiger partial charge in [-0.15, -0.1) is 0 Å². The number of ether oxygens (including phenoxy) is 2. The van der Waals surface area contributed by atoms with Crippen molar-refractivity contribution in [1.82, 2.24) is 5.32 Å². The second-order valence-corrected chi connectivity index (χ2v) is 5.24. The first-order chi connectivity index (χ1) is 8.74. The average molecular weight is 253 g/mol. The molecule has 4 heteroatoms. The van der Waals surface area contributed by atoms with Crippen LogP contribution in [-0.2, 0) is 22.6 Å². The molecule has 0 saturated carbocycles. The van der Waals surface area contributed by atoms with Crippen molar-refractivity contribution in [3.8, 4) is 0 Å². The molecule has 0 bridgehead atoms. The molecule has 1 fully saturated rings. The van der Waals surface area contributed by atoms with E-state index in [1.165, 1.54) is 5.56 Å². The Hall–Kier alpha value is -0.840. The summed E-state index contributed by atoms with van der Waals surface area (Å²) in [5.74, 6) is 1.56. The lowest BCUT2D eigenvalue weighted by Gasteiger charge is -2.07. The molecular formula is C14H23NO3. The molecule has 18 heavy (non-hydrogen) atoms. The van der Waals surface area contributed by atoms with E-state index in [0.717, 1.165) is 31.9 Å². The SMILES string of the molecule is CC(C)CNCc1coc(COC2CCOC2)c1. The minimum Gasteiger partial charge on any atom is -0.467 e. The van der Waals surface area contributed by atoms with Crippen LogP contribution >= 0.6 is 0 Å². The molecule has 0 amide bonds. The van der Waals surface area contributed by atoms with E-state index in [1.54, 1.807) is 6.26 Å². The molecule has 0 radical (unpaired) electrons. The average Bonchev–Trinajstić information content (AvgIpc) is 2.96. The van der Waals surface area contributed by atoms with Crippen LogP contribution in [-0.4, -0.2) is 25.9 Å². The van der Waals surface area contributed by atoms with Crippen LogP contribution in [0, 0.1) is 5.92 Å². The van der Waals surface area contributed by atoms with E-state index in [-0.39, 0.29) is 6.10 Å². The molecule has 0 spiro atoms. The Morgan fingerprint density at radius 3 is 3.11 bits per heavy atom. The van der Waals surface area contributed by atoms with E-state index in [0.29, 0.717) is 19.1 Å². The van der Waals surface area contributed by atoms with Gasteiger partial charge in [-0.05, 0) is 24.9 Å². The van der Waals surface area contributed by atoms with Crippen LogP contribution in [0.15, 0.2) is 16.7 Å². The summed E-state index contributed by atoms with van der Waals surface area (Å²) in [6, 6.07) is 2.06. The van der Waals surface area contributed by atoms with E-state index in [9.17, 15) is 0 Å². The van der Waals surface area contributed by atoms with Crippen LogP contribution in [0.2, 0.25) is 0 Å². The summed E-state index contributed by atoms with van der Waals surface area (Å²) in [5.41, 5.74) is 1.18. The number of nitrogens with one attached hydrogen (secondary N) is 1. The van der Waals surface area contributed by atoms with Gasteiger partial charge in [0.25, 0.3) is 0 Å². The van der Waals surface area contributed by atoms with Gasteiger partial charge in [0.05, 0.1) is 19.0 Å². The third-order valence-corrected chi connectivity index (χ3v) is 2.94. The topological polar surface area (TPSA) is 43.6 Å². The second-order valence-electron chi connectivity index (χ2n) is 5.24. The highest BCUT2D eigenvalue weighted by atomic mass is 16.5. The van der Waals surface area contributed by atoms with E-state index in [1.807, 2.05) is 0 Å². The second kappa shape index (κ2) is 6.92. The Kier molecular flexibility index (Phi) is 5.23. The molecule has 1 aliphatic rings. The molecule has 102 valence electrons. The van der Waals surface area contributed by atoms with Gasteiger partial charge in [-0.25, -0.2) is 0 Å². The Balaban J connectivity index is 1.68. The number of furan rings is 1. The molecule has 0 aromatic carbocycles. The van der Waals surface area contributed by atoms with Gasteiger partial charge < -0.3 is 19.2 Å². The van der Waals surface area contributed by atoms with Crippen LogP contribution < -0.4 is 5.32 Å². The summed E-state index contributed by atoms with van der Waals surface area (Å²) in [6.45, 7) is 8.34. The van der Waals surface area contributed by atoms with Crippen LogP contribution in [0.3, 0.4) is 0 Å². The number of hydrogen-bond acceptors (Lipinski definition) is 4. The quantitative estimate of drug-likeness (QED) is 0.810.